The van der Waals surface area contributed by atoms with E-state index in [0.717, 1.165) is 0 Å². The van der Waals surface area contributed by atoms with Crippen molar-refractivity contribution in [1.29, 1.82) is 0 Å². The number of aldehydes is 1. The van der Waals surface area contributed by atoms with Gasteiger partial charge in [-0.2, -0.15) is 0 Å². The highest BCUT2D eigenvalue weighted by Gasteiger charge is 2.48. The van der Waals surface area contributed by atoms with Crippen LogP contribution in [0.15, 0.2) is 18.2 Å². The first-order chi connectivity index (χ1) is 17.1. The quantitative estimate of drug-likeness (QED) is 0.0509. The fourth-order valence-electron chi connectivity index (χ4n) is 4.99. The summed E-state index contributed by atoms with van der Waals surface area (Å²) in [6.45, 7) is 0. The first-order valence-corrected chi connectivity index (χ1v) is 11.3. The van der Waals surface area contributed by atoms with Crippen LogP contribution in [0.1, 0.15) is 49.4 Å². The monoisotopic (exact) mass is 515 g/mol. The van der Waals surface area contributed by atoms with Crippen LogP contribution in [-0.4, -0.2) is 58.5 Å². The van der Waals surface area contributed by atoms with E-state index in [0.29, 0.717) is 6.29 Å². The molecule has 190 valence electrons. The number of ether oxygens (including phenoxy) is 1. The number of carbonyl (C=O) groups excluding carboxylic acids is 3. The van der Waals surface area contributed by atoms with Crippen LogP contribution in [0, 0.1) is 5.92 Å². The van der Waals surface area contributed by atoms with E-state index in [1.165, 1.54) is 32.4 Å². The van der Waals surface area contributed by atoms with E-state index < -0.39 is 46.3 Å². The molecule has 2 aliphatic rings. The molecule has 0 spiro atoms. The largest absolute Gasteiger partial charge is 0.507 e. The second-order valence-corrected chi connectivity index (χ2v) is 8.93. The summed E-state index contributed by atoms with van der Waals surface area (Å²) >= 11 is 4.89. The number of nitrogens with two attached hydrogens (primary N) is 1. The number of hydrogen-bond donors (Lipinski definition) is 8. The Morgan fingerprint density at radius 1 is 1.22 bits per heavy atom. The third-order valence-electron chi connectivity index (χ3n) is 6.71. The first kappa shape index (κ1) is 25.5. The maximum atomic E-state index is 13.5. The number of fused-ring (bicyclic) bond motifs is 3. The van der Waals surface area contributed by atoms with Gasteiger partial charge in [0, 0.05) is 16.7 Å². The van der Waals surface area contributed by atoms with Gasteiger partial charge in [0.2, 0.25) is 5.78 Å². The SMILES string of the molecule is CNC1(O)CC(C(C=O)NNC(=S)NN)Cc2c(O)c3c(c(O)c21)C(=O)c1c(OC)cccc1C3=O. The number of benzene rings is 2. The number of phenolic OH excluding ortho intramolecular Hbond substituents is 2. The molecule has 0 aliphatic heterocycles. The van der Waals surface area contributed by atoms with E-state index in [1.807, 2.05) is 0 Å². The van der Waals surface area contributed by atoms with E-state index in [4.69, 9.17) is 22.8 Å². The molecule has 0 bridgehead atoms. The molecule has 3 unspecified atom stereocenters. The molecule has 3 atom stereocenters. The predicted octanol–water partition coefficient (Wildman–Crippen LogP) is -0.781. The van der Waals surface area contributed by atoms with Gasteiger partial charge < -0.3 is 24.9 Å². The Bertz CT molecular complexity index is 1300. The molecule has 36 heavy (non-hydrogen) atoms. The minimum Gasteiger partial charge on any atom is -0.507 e. The van der Waals surface area contributed by atoms with Gasteiger partial charge in [-0.1, -0.05) is 12.1 Å². The Kier molecular flexibility index (Phi) is 6.68. The van der Waals surface area contributed by atoms with Crippen LogP contribution in [0.25, 0.3) is 0 Å². The topological polar surface area (TPSA) is 195 Å². The molecule has 0 amide bonds. The third kappa shape index (κ3) is 3.77. The van der Waals surface area contributed by atoms with Crippen molar-refractivity contribution in [3.63, 3.8) is 0 Å². The molecule has 0 radical (unpaired) electrons. The van der Waals surface area contributed by atoms with E-state index in [9.17, 15) is 29.7 Å². The van der Waals surface area contributed by atoms with E-state index in [2.05, 4.69) is 21.6 Å². The van der Waals surface area contributed by atoms with Gasteiger partial charge in [-0.25, -0.2) is 11.3 Å². The Balaban J connectivity index is 1.89. The third-order valence-corrected chi connectivity index (χ3v) is 6.93. The summed E-state index contributed by atoms with van der Waals surface area (Å²) in [5, 5.41) is 36.8. The summed E-state index contributed by atoms with van der Waals surface area (Å²) in [6, 6.07) is 3.54. The van der Waals surface area contributed by atoms with Crippen molar-refractivity contribution < 1.29 is 34.4 Å². The number of carbonyl (C=O) groups is 3. The van der Waals surface area contributed by atoms with Gasteiger partial charge in [0.1, 0.15) is 29.3 Å². The Morgan fingerprint density at radius 2 is 1.92 bits per heavy atom. The molecule has 2 aliphatic carbocycles. The summed E-state index contributed by atoms with van der Waals surface area (Å²) in [5.41, 5.74) is 4.53. The van der Waals surface area contributed by atoms with E-state index >= 15 is 0 Å². The van der Waals surface area contributed by atoms with Crippen molar-refractivity contribution in [2.24, 2.45) is 11.8 Å². The van der Waals surface area contributed by atoms with Crippen LogP contribution >= 0.6 is 12.2 Å². The van der Waals surface area contributed by atoms with Crippen LogP contribution in [0.2, 0.25) is 0 Å². The number of ketones is 2. The lowest BCUT2D eigenvalue weighted by molar-refractivity contribution is -0.112. The lowest BCUT2D eigenvalue weighted by Crippen LogP contribution is -2.56. The standard InChI is InChI=1S/C23H25N5O7S/c1-25-23(34)7-9(12(8-29)27-28-22(36)26-24)6-11-17(23)21(33)16-15(19(11)31)18(30)10-4-3-5-13(35-2)14(10)20(16)32/h3-5,8-9,12,25,27,31,33-34H,6-7,24H2,1-2H3,(H2,26,28,36). The minimum absolute atomic E-state index is 0.00898. The molecule has 0 saturated heterocycles. The highest BCUT2D eigenvalue weighted by molar-refractivity contribution is 7.80. The number of rotatable bonds is 6. The van der Waals surface area contributed by atoms with Crippen molar-refractivity contribution >= 4 is 35.2 Å². The van der Waals surface area contributed by atoms with Crippen molar-refractivity contribution in [3.05, 3.63) is 51.6 Å². The average molecular weight is 516 g/mol. The Morgan fingerprint density at radius 3 is 2.53 bits per heavy atom. The second kappa shape index (κ2) is 9.44. The minimum atomic E-state index is -1.96. The molecule has 12 nitrogen and oxygen atoms in total. The lowest BCUT2D eigenvalue weighted by Gasteiger charge is -2.41. The molecule has 0 aromatic heterocycles. The molecule has 0 heterocycles. The summed E-state index contributed by atoms with van der Waals surface area (Å²) in [7, 11) is 2.76. The fourth-order valence-corrected chi connectivity index (χ4v) is 5.05. The van der Waals surface area contributed by atoms with Gasteiger partial charge in [0.05, 0.1) is 29.8 Å². The first-order valence-electron chi connectivity index (χ1n) is 10.9. The van der Waals surface area contributed by atoms with Crippen LogP contribution in [0.3, 0.4) is 0 Å². The molecule has 13 heteroatoms. The number of phenols is 2. The van der Waals surface area contributed by atoms with Crippen molar-refractivity contribution in [2.45, 2.75) is 24.6 Å². The Hall–Kier alpha value is -3.62. The number of thiocarbonyl (C=S) groups is 1. The smallest absolute Gasteiger partial charge is 0.202 e. The van der Waals surface area contributed by atoms with Crippen LogP contribution in [0.5, 0.6) is 17.2 Å². The van der Waals surface area contributed by atoms with Gasteiger partial charge in [-0.05, 0) is 44.1 Å². The highest BCUT2D eigenvalue weighted by Crippen LogP contribution is 2.51. The number of aliphatic hydroxyl groups is 1. The molecule has 2 aromatic carbocycles. The summed E-state index contributed by atoms with van der Waals surface area (Å²) in [4.78, 5) is 38.8. The number of hydrazine groups is 2. The zero-order valence-electron chi connectivity index (χ0n) is 19.3. The average Bonchev–Trinajstić information content (AvgIpc) is 2.88. The maximum Gasteiger partial charge on any atom is 0.202 e. The summed E-state index contributed by atoms with van der Waals surface area (Å²) < 4.78 is 5.25. The summed E-state index contributed by atoms with van der Waals surface area (Å²) in [5.74, 6) is 2.11. The molecule has 0 fully saturated rings. The number of nitrogens with one attached hydrogen (secondary N) is 4. The van der Waals surface area contributed by atoms with Crippen LogP contribution in [-0.2, 0) is 16.9 Å². The van der Waals surface area contributed by atoms with Crippen molar-refractivity contribution in [2.75, 3.05) is 14.2 Å². The van der Waals surface area contributed by atoms with Crippen LogP contribution in [0.4, 0.5) is 0 Å². The fraction of sp³-hybridized carbons (Fsp3) is 0.304. The highest BCUT2D eigenvalue weighted by atomic mass is 32.1. The molecular formula is C23H25N5O7S. The van der Waals surface area contributed by atoms with Gasteiger partial charge >= 0.3 is 0 Å². The Labute approximate surface area is 210 Å². The number of methoxy groups -OCH3 is 1. The van der Waals surface area contributed by atoms with Crippen molar-refractivity contribution in [3.8, 4) is 17.2 Å². The number of hydrogen-bond acceptors (Lipinski definition) is 11. The lowest BCUT2D eigenvalue weighted by atomic mass is 9.71. The molecule has 2 aromatic rings. The predicted molar refractivity (Wildman–Crippen MR) is 130 cm³/mol. The molecule has 4 rings (SSSR count). The number of aromatic hydroxyl groups is 2. The summed E-state index contributed by atoms with van der Waals surface area (Å²) in [6.07, 6.45) is 0.453. The molecule has 0 saturated carbocycles. The van der Waals surface area contributed by atoms with Crippen molar-refractivity contribution in [1.82, 2.24) is 21.6 Å². The van der Waals surface area contributed by atoms with E-state index in [1.54, 1.807) is 0 Å². The zero-order valence-corrected chi connectivity index (χ0v) is 20.2. The van der Waals surface area contributed by atoms with Gasteiger partial charge in [0.15, 0.2) is 10.9 Å². The van der Waals surface area contributed by atoms with Gasteiger partial charge in [0.25, 0.3) is 0 Å². The molecular weight excluding hydrogens is 490 g/mol. The second-order valence-electron chi connectivity index (χ2n) is 8.53. The zero-order chi connectivity index (χ0) is 26.4. The van der Waals surface area contributed by atoms with Crippen LogP contribution < -0.4 is 32.2 Å². The van der Waals surface area contributed by atoms with E-state index in [-0.39, 0.29) is 51.5 Å². The molecule has 9 N–H and O–H groups in total. The maximum absolute atomic E-state index is 13.5. The normalized spacial score (nSPS) is 21.1. The van der Waals surface area contributed by atoms with Gasteiger partial charge in [-0.15, -0.1) is 0 Å². The van der Waals surface area contributed by atoms with Gasteiger partial charge in [-0.3, -0.25) is 25.8 Å².